The Labute approximate surface area is 153 Å². The number of aliphatic carboxylic acids is 1. The summed E-state index contributed by atoms with van der Waals surface area (Å²) >= 11 is 0. The number of hydrogen-bond acceptors (Lipinski definition) is 5. The summed E-state index contributed by atoms with van der Waals surface area (Å²) in [5.41, 5.74) is 0.622. The molecule has 1 aromatic rings. The zero-order valence-electron chi connectivity index (χ0n) is 15.0. The second kappa shape index (κ2) is 9.88. The molecule has 0 spiro atoms. The lowest BCUT2D eigenvalue weighted by molar-refractivity contribution is -0.138. The Morgan fingerprint density at radius 2 is 1.92 bits per heavy atom. The van der Waals surface area contributed by atoms with E-state index in [-0.39, 0.29) is 25.0 Å². The molecule has 1 heterocycles. The van der Waals surface area contributed by atoms with Crippen molar-refractivity contribution in [3.05, 3.63) is 30.3 Å². The van der Waals surface area contributed by atoms with Crippen LogP contribution in [0.25, 0.3) is 0 Å². The predicted molar refractivity (Wildman–Crippen MR) is 97.9 cm³/mol. The highest BCUT2D eigenvalue weighted by Gasteiger charge is 2.23. The van der Waals surface area contributed by atoms with Crippen LogP contribution in [0.2, 0.25) is 0 Å². The molecule has 0 saturated carbocycles. The minimum absolute atomic E-state index is 0.0187. The van der Waals surface area contributed by atoms with E-state index in [0.29, 0.717) is 12.2 Å². The van der Waals surface area contributed by atoms with E-state index in [0.717, 1.165) is 25.8 Å². The number of rotatable bonds is 6. The first-order valence-electron chi connectivity index (χ1n) is 8.74. The zero-order chi connectivity index (χ0) is 18.9. The monoisotopic (exact) mass is 362 g/mol. The van der Waals surface area contributed by atoms with Gasteiger partial charge in [-0.25, -0.2) is 4.79 Å². The van der Waals surface area contributed by atoms with Crippen LogP contribution in [0.4, 0.5) is 10.5 Å². The molecule has 142 valence electrons. The van der Waals surface area contributed by atoms with Crippen LogP contribution in [0, 0.1) is 0 Å². The van der Waals surface area contributed by atoms with Gasteiger partial charge >= 0.3 is 12.0 Å². The molecule has 0 radical (unpaired) electrons. The van der Waals surface area contributed by atoms with Crippen molar-refractivity contribution < 1.29 is 19.5 Å². The van der Waals surface area contributed by atoms with Gasteiger partial charge in [-0.05, 0) is 45.0 Å². The van der Waals surface area contributed by atoms with Crippen LogP contribution in [0.1, 0.15) is 19.3 Å². The molecule has 1 aliphatic rings. The van der Waals surface area contributed by atoms with E-state index >= 15 is 0 Å². The Balaban J connectivity index is 1.75. The molecule has 26 heavy (non-hydrogen) atoms. The number of carbonyl (C=O) groups excluding carboxylic acids is 2. The third kappa shape index (κ3) is 6.81. The van der Waals surface area contributed by atoms with E-state index < -0.39 is 12.0 Å². The quantitative estimate of drug-likeness (QED) is 0.703. The Morgan fingerprint density at radius 3 is 2.62 bits per heavy atom. The number of amides is 3. The van der Waals surface area contributed by atoms with Gasteiger partial charge in [-0.3, -0.25) is 24.7 Å². The number of para-hydroxylation sites is 1. The van der Waals surface area contributed by atoms with E-state index in [1.165, 1.54) is 0 Å². The molecule has 1 unspecified atom stereocenters. The Morgan fingerprint density at radius 1 is 1.19 bits per heavy atom. The third-order valence-corrected chi connectivity index (χ3v) is 4.45. The number of likely N-dealkylation sites (tertiary alicyclic amines) is 1. The number of likely N-dealkylation sites (N-methyl/N-ethyl adjacent to an activating group) is 1. The number of imide groups is 1. The van der Waals surface area contributed by atoms with Gasteiger partial charge in [0.05, 0.1) is 13.1 Å². The number of anilines is 1. The molecule has 8 heteroatoms. The fraction of sp³-hybridized carbons (Fsp3) is 0.500. The molecule has 1 aliphatic heterocycles. The summed E-state index contributed by atoms with van der Waals surface area (Å²) < 4.78 is 0. The van der Waals surface area contributed by atoms with E-state index in [2.05, 4.69) is 10.6 Å². The summed E-state index contributed by atoms with van der Waals surface area (Å²) in [6, 6.07) is 8.57. The van der Waals surface area contributed by atoms with Gasteiger partial charge in [-0.2, -0.15) is 0 Å². The number of carboxylic acids is 1. The fourth-order valence-corrected chi connectivity index (χ4v) is 3.13. The van der Waals surface area contributed by atoms with Crippen molar-refractivity contribution in [3.8, 4) is 0 Å². The molecule has 0 aromatic heterocycles. The number of hydrogen-bond donors (Lipinski definition) is 3. The predicted octanol–water partition coefficient (Wildman–Crippen LogP) is 1.21. The van der Waals surface area contributed by atoms with Crippen LogP contribution >= 0.6 is 0 Å². The Hall–Kier alpha value is -2.45. The van der Waals surface area contributed by atoms with Crippen LogP contribution in [-0.2, 0) is 9.59 Å². The first-order chi connectivity index (χ1) is 12.4. The standard InChI is InChI=1S/C18H26N4O4/c1-21(13-17(24)25)15-8-5-10-22(11-9-15)12-16(23)20-18(26)19-14-6-3-2-4-7-14/h2-4,6-7,15H,5,8-13H2,1H3,(H,24,25)(H2,19,20,23,26). The summed E-state index contributed by atoms with van der Waals surface area (Å²) in [6.45, 7) is 1.62. The van der Waals surface area contributed by atoms with Crippen molar-refractivity contribution in [2.24, 2.45) is 0 Å². The number of benzene rings is 1. The van der Waals surface area contributed by atoms with Crippen molar-refractivity contribution in [2.75, 3.05) is 38.5 Å². The van der Waals surface area contributed by atoms with E-state index in [4.69, 9.17) is 5.11 Å². The minimum Gasteiger partial charge on any atom is -0.480 e. The molecule has 2 rings (SSSR count). The van der Waals surface area contributed by atoms with Gasteiger partial charge < -0.3 is 10.4 Å². The van der Waals surface area contributed by atoms with Gasteiger partial charge in [-0.15, -0.1) is 0 Å². The van der Waals surface area contributed by atoms with Crippen LogP contribution in [0.3, 0.4) is 0 Å². The molecular weight excluding hydrogens is 336 g/mol. The smallest absolute Gasteiger partial charge is 0.325 e. The van der Waals surface area contributed by atoms with E-state index in [9.17, 15) is 14.4 Å². The summed E-state index contributed by atoms with van der Waals surface area (Å²) in [7, 11) is 1.81. The number of carbonyl (C=O) groups is 3. The van der Waals surface area contributed by atoms with Gasteiger partial charge in [0, 0.05) is 18.3 Å². The van der Waals surface area contributed by atoms with Gasteiger partial charge in [-0.1, -0.05) is 18.2 Å². The molecule has 1 fully saturated rings. The summed E-state index contributed by atoms with van der Waals surface area (Å²) in [5.74, 6) is -1.19. The van der Waals surface area contributed by atoms with Crippen LogP contribution in [0.5, 0.6) is 0 Å². The topological polar surface area (TPSA) is 102 Å². The van der Waals surface area contributed by atoms with Gasteiger partial charge in [0.25, 0.3) is 0 Å². The molecule has 0 bridgehead atoms. The van der Waals surface area contributed by atoms with Crippen molar-refractivity contribution in [1.82, 2.24) is 15.1 Å². The number of nitrogens with zero attached hydrogens (tertiary/aromatic N) is 2. The minimum atomic E-state index is -0.836. The van der Waals surface area contributed by atoms with Gasteiger partial charge in [0.1, 0.15) is 0 Å². The molecule has 1 aromatic carbocycles. The SMILES string of the molecule is CN(CC(=O)O)C1CCCN(CC(=O)NC(=O)Nc2ccccc2)CC1. The molecule has 0 aliphatic carbocycles. The van der Waals surface area contributed by atoms with Gasteiger partial charge in [0.2, 0.25) is 5.91 Å². The maximum absolute atomic E-state index is 12.1. The third-order valence-electron chi connectivity index (χ3n) is 4.45. The van der Waals surface area contributed by atoms with E-state index in [1.807, 2.05) is 22.9 Å². The molecular formula is C18H26N4O4. The van der Waals surface area contributed by atoms with Crippen molar-refractivity contribution in [1.29, 1.82) is 0 Å². The molecule has 1 atom stereocenters. The largest absolute Gasteiger partial charge is 0.480 e. The second-order valence-electron chi connectivity index (χ2n) is 6.54. The fourth-order valence-electron chi connectivity index (χ4n) is 3.13. The number of carboxylic acid groups (broad SMARTS) is 1. The maximum atomic E-state index is 12.1. The highest BCUT2D eigenvalue weighted by molar-refractivity contribution is 6.01. The molecule has 8 nitrogen and oxygen atoms in total. The lowest BCUT2D eigenvalue weighted by Crippen LogP contribution is -2.42. The summed E-state index contributed by atoms with van der Waals surface area (Å²) in [5, 5.41) is 13.9. The lowest BCUT2D eigenvalue weighted by atomic mass is 10.1. The van der Waals surface area contributed by atoms with E-state index in [1.54, 1.807) is 24.3 Å². The molecule has 3 amide bonds. The summed E-state index contributed by atoms with van der Waals surface area (Å²) in [4.78, 5) is 38.6. The Kier molecular flexibility index (Phi) is 7.55. The van der Waals surface area contributed by atoms with Crippen LogP contribution in [0.15, 0.2) is 30.3 Å². The van der Waals surface area contributed by atoms with Crippen molar-refractivity contribution >= 4 is 23.6 Å². The van der Waals surface area contributed by atoms with Crippen LogP contribution < -0.4 is 10.6 Å². The number of urea groups is 1. The summed E-state index contributed by atoms with van der Waals surface area (Å²) in [6.07, 6.45) is 2.59. The maximum Gasteiger partial charge on any atom is 0.325 e. The molecule has 1 saturated heterocycles. The normalized spacial score (nSPS) is 18.2. The van der Waals surface area contributed by atoms with Crippen LogP contribution in [-0.4, -0.2) is 72.1 Å². The average molecular weight is 362 g/mol. The first-order valence-corrected chi connectivity index (χ1v) is 8.74. The highest BCUT2D eigenvalue weighted by Crippen LogP contribution is 2.15. The van der Waals surface area contributed by atoms with Crippen molar-refractivity contribution in [2.45, 2.75) is 25.3 Å². The molecule has 3 N–H and O–H groups in total. The Bertz CT molecular complexity index is 623. The number of nitrogens with one attached hydrogen (secondary N) is 2. The average Bonchev–Trinajstić information content (AvgIpc) is 2.80. The zero-order valence-corrected chi connectivity index (χ0v) is 15.0. The lowest BCUT2D eigenvalue weighted by Gasteiger charge is -2.25. The van der Waals surface area contributed by atoms with Gasteiger partial charge in [0.15, 0.2) is 0 Å². The second-order valence-corrected chi connectivity index (χ2v) is 6.54. The first kappa shape index (κ1) is 19.9. The van der Waals surface area contributed by atoms with Crippen molar-refractivity contribution in [3.63, 3.8) is 0 Å². The highest BCUT2D eigenvalue weighted by atomic mass is 16.4.